The molecule has 1 aliphatic rings. The van der Waals surface area contributed by atoms with E-state index in [0.29, 0.717) is 25.9 Å². The molecule has 2 amide bonds. The molecule has 1 aliphatic heterocycles. The molecule has 2 rings (SSSR count). The van der Waals surface area contributed by atoms with Crippen LogP contribution in [0.25, 0.3) is 0 Å². The zero-order chi connectivity index (χ0) is 18.4. The molecule has 0 bridgehead atoms. The van der Waals surface area contributed by atoms with Crippen molar-refractivity contribution >= 4 is 17.7 Å². The fourth-order valence-corrected chi connectivity index (χ4v) is 2.94. The van der Waals surface area contributed by atoms with Gasteiger partial charge < -0.3 is 15.0 Å². The van der Waals surface area contributed by atoms with Gasteiger partial charge in [-0.15, -0.1) is 0 Å². The first kappa shape index (κ1) is 19.1. The van der Waals surface area contributed by atoms with Crippen LogP contribution >= 0.6 is 0 Å². The lowest BCUT2D eigenvalue weighted by Crippen LogP contribution is -2.51. The van der Waals surface area contributed by atoms with E-state index >= 15 is 0 Å². The summed E-state index contributed by atoms with van der Waals surface area (Å²) < 4.78 is 5.41. The van der Waals surface area contributed by atoms with Crippen LogP contribution < -0.4 is 16.6 Å². The van der Waals surface area contributed by atoms with Gasteiger partial charge in [0.2, 0.25) is 0 Å². The third kappa shape index (κ3) is 5.63. The van der Waals surface area contributed by atoms with Gasteiger partial charge in [-0.3, -0.25) is 10.2 Å². The Morgan fingerprint density at radius 3 is 2.32 bits per heavy atom. The Morgan fingerprint density at radius 2 is 1.80 bits per heavy atom. The van der Waals surface area contributed by atoms with E-state index in [1.807, 2.05) is 51.1 Å². The zero-order valence-corrected chi connectivity index (χ0v) is 15.1. The van der Waals surface area contributed by atoms with Crippen molar-refractivity contribution in [2.24, 2.45) is 11.8 Å². The average Bonchev–Trinajstić information content (AvgIpc) is 2.58. The summed E-state index contributed by atoms with van der Waals surface area (Å²) in [6, 6.07) is 9.12. The number of nitrogens with two attached hydrogens (primary N) is 1. The van der Waals surface area contributed by atoms with Crippen molar-refractivity contribution in [1.29, 1.82) is 0 Å². The van der Waals surface area contributed by atoms with E-state index in [1.54, 1.807) is 4.90 Å². The van der Waals surface area contributed by atoms with Crippen molar-refractivity contribution in [2.75, 3.05) is 18.4 Å². The highest BCUT2D eigenvalue weighted by molar-refractivity contribution is 5.84. The first-order valence-corrected chi connectivity index (χ1v) is 8.60. The number of hydrazine groups is 1. The lowest BCUT2D eigenvalue weighted by atomic mass is 9.88. The molecule has 1 unspecified atom stereocenters. The minimum atomic E-state index is -0.509. The molecule has 7 nitrogen and oxygen atoms in total. The predicted molar refractivity (Wildman–Crippen MR) is 96.7 cm³/mol. The molecule has 25 heavy (non-hydrogen) atoms. The standard InChI is InChI=1S/C18H28N4O3/c1-18(2,3)25-17(24)22-11-9-13(10-12-22)15(16(23)21-19)20-14-7-5-4-6-8-14/h4-8,13,15,20H,9-12,19H2,1-3H3,(H,21,23). The van der Waals surface area contributed by atoms with Gasteiger partial charge in [-0.1, -0.05) is 18.2 Å². The number of anilines is 1. The van der Waals surface area contributed by atoms with Crippen LogP contribution in [0.15, 0.2) is 30.3 Å². The van der Waals surface area contributed by atoms with E-state index in [9.17, 15) is 9.59 Å². The number of carbonyl (C=O) groups excluding carboxylic acids is 2. The predicted octanol–water partition coefficient (Wildman–Crippen LogP) is 2.10. The SMILES string of the molecule is CC(C)(C)OC(=O)N1CCC(C(Nc2ccccc2)C(=O)NN)CC1. The second-order valence-corrected chi connectivity index (χ2v) is 7.30. The second kappa shape index (κ2) is 8.20. The number of nitrogens with one attached hydrogen (secondary N) is 2. The van der Waals surface area contributed by atoms with Gasteiger partial charge in [-0.25, -0.2) is 10.6 Å². The highest BCUT2D eigenvalue weighted by Gasteiger charge is 2.33. The van der Waals surface area contributed by atoms with Crippen molar-refractivity contribution in [3.8, 4) is 0 Å². The van der Waals surface area contributed by atoms with Crippen molar-refractivity contribution in [1.82, 2.24) is 10.3 Å². The van der Waals surface area contributed by atoms with E-state index in [1.165, 1.54) is 0 Å². The van der Waals surface area contributed by atoms with Crippen LogP contribution in [0.1, 0.15) is 33.6 Å². The summed E-state index contributed by atoms with van der Waals surface area (Å²) in [5.41, 5.74) is 2.60. The Hall–Kier alpha value is -2.28. The molecule has 0 aromatic heterocycles. The quantitative estimate of drug-likeness (QED) is 0.440. The smallest absolute Gasteiger partial charge is 0.410 e. The molecule has 1 fully saturated rings. The van der Waals surface area contributed by atoms with Crippen molar-refractivity contribution in [3.63, 3.8) is 0 Å². The maximum atomic E-state index is 12.2. The fraction of sp³-hybridized carbons (Fsp3) is 0.556. The highest BCUT2D eigenvalue weighted by atomic mass is 16.6. The molecule has 7 heteroatoms. The minimum absolute atomic E-state index is 0.0856. The number of para-hydroxylation sites is 1. The lowest BCUT2D eigenvalue weighted by Gasteiger charge is -2.36. The molecule has 138 valence electrons. The second-order valence-electron chi connectivity index (χ2n) is 7.30. The third-order valence-electron chi connectivity index (χ3n) is 4.18. The van der Waals surface area contributed by atoms with Gasteiger partial charge in [0, 0.05) is 18.8 Å². The molecule has 0 saturated carbocycles. The van der Waals surface area contributed by atoms with Gasteiger partial charge >= 0.3 is 6.09 Å². The maximum absolute atomic E-state index is 12.2. The number of rotatable bonds is 4. The Balaban J connectivity index is 1.97. The van der Waals surface area contributed by atoms with E-state index in [0.717, 1.165) is 5.69 Å². The number of nitrogens with zero attached hydrogens (tertiary/aromatic N) is 1. The summed E-state index contributed by atoms with van der Waals surface area (Å²) in [6.45, 7) is 6.67. The number of amides is 2. The molecule has 0 spiro atoms. The molecule has 1 saturated heterocycles. The molecule has 1 heterocycles. The maximum Gasteiger partial charge on any atom is 0.410 e. The molecule has 4 N–H and O–H groups in total. The number of ether oxygens (including phenoxy) is 1. The Morgan fingerprint density at radius 1 is 1.20 bits per heavy atom. The molecule has 0 radical (unpaired) electrons. The van der Waals surface area contributed by atoms with Crippen LogP contribution in [0.5, 0.6) is 0 Å². The van der Waals surface area contributed by atoms with Gasteiger partial charge in [-0.05, 0) is 51.7 Å². The topological polar surface area (TPSA) is 96.7 Å². The summed E-state index contributed by atoms with van der Waals surface area (Å²) in [6.07, 6.45) is 1.11. The Kier molecular flexibility index (Phi) is 6.25. The molecular formula is C18H28N4O3. The molecule has 1 aromatic rings. The molecular weight excluding hydrogens is 320 g/mol. The number of piperidine rings is 1. The number of benzene rings is 1. The van der Waals surface area contributed by atoms with E-state index < -0.39 is 11.6 Å². The first-order valence-electron chi connectivity index (χ1n) is 8.60. The van der Waals surface area contributed by atoms with Crippen molar-refractivity contribution < 1.29 is 14.3 Å². The van der Waals surface area contributed by atoms with Crippen LogP contribution in [0.4, 0.5) is 10.5 Å². The summed E-state index contributed by atoms with van der Waals surface area (Å²) >= 11 is 0. The molecule has 0 aliphatic carbocycles. The van der Waals surface area contributed by atoms with Gasteiger partial charge in [0.1, 0.15) is 11.6 Å². The lowest BCUT2D eigenvalue weighted by molar-refractivity contribution is -0.123. The van der Waals surface area contributed by atoms with Crippen LogP contribution in [-0.2, 0) is 9.53 Å². The van der Waals surface area contributed by atoms with Gasteiger partial charge in [0.25, 0.3) is 5.91 Å². The number of hydrogen-bond acceptors (Lipinski definition) is 5. The summed E-state index contributed by atoms with van der Waals surface area (Å²) in [7, 11) is 0. The Labute approximate surface area is 148 Å². The van der Waals surface area contributed by atoms with E-state index in [2.05, 4.69) is 10.7 Å². The van der Waals surface area contributed by atoms with E-state index in [-0.39, 0.29) is 17.9 Å². The van der Waals surface area contributed by atoms with Crippen LogP contribution in [0.3, 0.4) is 0 Å². The zero-order valence-electron chi connectivity index (χ0n) is 15.1. The van der Waals surface area contributed by atoms with Crippen LogP contribution in [-0.4, -0.2) is 41.6 Å². The highest BCUT2D eigenvalue weighted by Crippen LogP contribution is 2.25. The largest absolute Gasteiger partial charge is 0.444 e. The number of carbonyl (C=O) groups is 2. The van der Waals surface area contributed by atoms with Gasteiger partial charge in [0.15, 0.2) is 0 Å². The number of likely N-dealkylation sites (tertiary alicyclic amines) is 1. The average molecular weight is 348 g/mol. The van der Waals surface area contributed by atoms with Crippen LogP contribution in [0.2, 0.25) is 0 Å². The minimum Gasteiger partial charge on any atom is -0.444 e. The molecule has 1 aromatic carbocycles. The van der Waals surface area contributed by atoms with Gasteiger partial charge in [-0.2, -0.15) is 0 Å². The Bertz CT molecular complexity index is 578. The van der Waals surface area contributed by atoms with E-state index in [4.69, 9.17) is 10.6 Å². The summed E-state index contributed by atoms with van der Waals surface area (Å²) in [5, 5.41) is 3.25. The van der Waals surface area contributed by atoms with Crippen molar-refractivity contribution in [2.45, 2.75) is 45.3 Å². The normalized spacial score (nSPS) is 16.9. The monoisotopic (exact) mass is 348 g/mol. The number of hydrogen-bond donors (Lipinski definition) is 3. The summed E-state index contributed by atoms with van der Waals surface area (Å²) in [4.78, 5) is 26.1. The van der Waals surface area contributed by atoms with Crippen molar-refractivity contribution in [3.05, 3.63) is 30.3 Å². The van der Waals surface area contributed by atoms with Gasteiger partial charge in [0.05, 0.1) is 0 Å². The third-order valence-corrected chi connectivity index (χ3v) is 4.18. The fourth-order valence-electron chi connectivity index (χ4n) is 2.94. The van der Waals surface area contributed by atoms with Crippen LogP contribution in [0, 0.1) is 5.92 Å². The molecule has 1 atom stereocenters. The summed E-state index contributed by atoms with van der Waals surface area (Å²) in [5.74, 6) is 5.19. The first-order chi connectivity index (χ1) is 11.8.